The third-order valence-electron chi connectivity index (χ3n) is 2.27. The average molecular weight is 297 g/mol. The third-order valence-corrected chi connectivity index (χ3v) is 3.39. The van der Waals surface area contributed by atoms with Crippen molar-refractivity contribution in [1.82, 2.24) is 4.72 Å². The molecule has 0 atom stereocenters. The highest BCUT2D eigenvalue weighted by Crippen LogP contribution is 2.05. The highest BCUT2D eigenvalue weighted by atomic mass is 32.2. The summed E-state index contributed by atoms with van der Waals surface area (Å²) in [5.41, 5.74) is 6.80. The van der Waals surface area contributed by atoms with Gasteiger partial charge in [-0.05, 0) is 18.1 Å². The number of amidine groups is 1. The number of allylic oxidation sites excluding steroid dienone is 1. The van der Waals surface area contributed by atoms with Crippen molar-refractivity contribution in [3.63, 3.8) is 0 Å². The summed E-state index contributed by atoms with van der Waals surface area (Å²) >= 11 is 0. The van der Waals surface area contributed by atoms with Crippen LogP contribution in [0.3, 0.4) is 0 Å². The van der Waals surface area contributed by atoms with E-state index in [0.29, 0.717) is 12.0 Å². The van der Waals surface area contributed by atoms with Crippen molar-refractivity contribution in [2.45, 2.75) is 6.42 Å². The first-order valence-corrected chi connectivity index (χ1v) is 7.25. The van der Waals surface area contributed by atoms with Crippen molar-refractivity contribution in [3.05, 3.63) is 47.7 Å². The minimum atomic E-state index is -3.85. The quantitative estimate of drug-likeness (QED) is 0.416. The first-order valence-electron chi connectivity index (χ1n) is 5.60. The van der Waals surface area contributed by atoms with Crippen LogP contribution in [-0.4, -0.2) is 31.1 Å². The standard InChI is InChI=1S/C12H15N3O4S/c13-12(14)10-5-1-3-9(7-10)4-2-6-15-20(18,19)8-11(16)17/h1-3,5-7,15H,4,8H2,(H3,13,14)(H,16,17)/b6-2+. The van der Waals surface area contributed by atoms with Crippen molar-refractivity contribution in [2.75, 3.05) is 5.75 Å². The predicted octanol–water partition coefficient (Wildman–Crippen LogP) is 0.0309. The number of nitrogens with two attached hydrogens (primary N) is 1. The van der Waals surface area contributed by atoms with E-state index in [-0.39, 0.29) is 5.84 Å². The van der Waals surface area contributed by atoms with Crippen LogP contribution in [0.5, 0.6) is 0 Å². The third kappa shape index (κ3) is 5.53. The number of aliphatic carboxylic acids is 1. The SMILES string of the molecule is N=C(N)c1cccc(C/C=C/NS(=O)(=O)CC(=O)O)c1. The highest BCUT2D eigenvalue weighted by molar-refractivity contribution is 7.90. The molecule has 5 N–H and O–H groups in total. The van der Waals surface area contributed by atoms with Gasteiger partial charge in [-0.25, -0.2) is 8.42 Å². The molecule has 108 valence electrons. The minimum absolute atomic E-state index is 0.0435. The molecule has 7 nitrogen and oxygen atoms in total. The van der Waals surface area contributed by atoms with E-state index in [1.54, 1.807) is 24.3 Å². The zero-order valence-corrected chi connectivity index (χ0v) is 11.4. The Hall–Kier alpha value is -2.35. The summed E-state index contributed by atoms with van der Waals surface area (Å²) in [7, 11) is -3.85. The van der Waals surface area contributed by atoms with Gasteiger partial charge in [0.15, 0.2) is 5.75 Å². The van der Waals surface area contributed by atoms with Gasteiger partial charge in [0.1, 0.15) is 5.84 Å². The second-order valence-corrected chi connectivity index (χ2v) is 5.75. The number of hydrogen-bond donors (Lipinski definition) is 4. The van der Waals surface area contributed by atoms with E-state index < -0.39 is 21.7 Å². The van der Waals surface area contributed by atoms with Crippen molar-refractivity contribution in [2.24, 2.45) is 5.73 Å². The lowest BCUT2D eigenvalue weighted by Crippen LogP contribution is -2.25. The Kier molecular flexibility index (Phi) is 5.27. The summed E-state index contributed by atoms with van der Waals surface area (Å²) in [6.07, 6.45) is 3.15. The number of carbonyl (C=O) groups is 1. The molecule has 1 aromatic rings. The molecule has 0 heterocycles. The fraction of sp³-hybridized carbons (Fsp3) is 0.167. The molecule has 1 aromatic carbocycles. The molecule has 0 radical (unpaired) electrons. The first kappa shape index (κ1) is 15.7. The van der Waals surface area contributed by atoms with Gasteiger partial charge in [-0.2, -0.15) is 0 Å². The molecule has 0 amide bonds. The Morgan fingerprint density at radius 1 is 1.45 bits per heavy atom. The average Bonchev–Trinajstić information content (AvgIpc) is 2.33. The molecular weight excluding hydrogens is 282 g/mol. The van der Waals surface area contributed by atoms with Gasteiger partial charge in [0.25, 0.3) is 0 Å². The molecule has 0 aliphatic rings. The lowest BCUT2D eigenvalue weighted by molar-refractivity contribution is -0.134. The molecule has 0 aromatic heterocycles. The van der Waals surface area contributed by atoms with Crippen LogP contribution in [0.2, 0.25) is 0 Å². The van der Waals surface area contributed by atoms with E-state index in [0.717, 1.165) is 5.56 Å². The van der Waals surface area contributed by atoms with Crippen LogP contribution in [0, 0.1) is 5.41 Å². The lowest BCUT2D eigenvalue weighted by atomic mass is 10.1. The van der Waals surface area contributed by atoms with Gasteiger partial charge >= 0.3 is 5.97 Å². The Bertz CT molecular complexity index is 638. The zero-order chi connectivity index (χ0) is 15.2. The van der Waals surface area contributed by atoms with Gasteiger partial charge in [0.2, 0.25) is 10.0 Å². The van der Waals surface area contributed by atoms with Crippen LogP contribution in [-0.2, 0) is 21.2 Å². The minimum Gasteiger partial charge on any atom is -0.480 e. The number of benzene rings is 1. The Morgan fingerprint density at radius 2 is 2.15 bits per heavy atom. The Balaban J connectivity index is 2.59. The maximum absolute atomic E-state index is 11.2. The van der Waals surface area contributed by atoms with Crippen molar-refractivity contribution in [1.29, 1.82) is 5.41 Å². The number of rotatable bonds is 7. The number of sulfonamides is 1. The molecule has 0 spiro atoms. The molecule has 0 aliphatic carbocycles. The molecule has 20 heavy (non-hydrogen) atoms. The first-order chi connectivity index (χ1) is 9.30. The summed E-state index contributed by atoms with van der Waals surface area (Å²) in [5, 5.41) is 15.7. The van der Waals surface area contributed by atoms with E-state index >= 15 is 0 Å². The van der Waals surface area contributed by atoms with Crippen LogP contribution in [0.25, 0.3) is 0 Å². The number of nitrogen functional groups attached to an aromatic ring is 1. The van der Waals surface area contributed by atoms with Gasteiger partial charge in [-0.15, -0.1) is 0 Å². The topological polar surface area (TPSA) is 133 Å². The van der Waals surface area contributed by atoms with E-state index in [2.05, 4.69) is 0 Å². The lowest BCUT2D eigenvalue weighted by Gasteiger charge is -2.02. The summed E-state index contributed by atoms with van der Waals surface area (Å²) in [5.74, 6) is -2.44. The van der Waals surface area contributed by atoms with E-state index in [1.165, 1.54) is 6.20 Å². The van der Waals surface area contributed by atoms with Crippen LogP contribution >= 0.6 is 0 Å². The molecule has 0 unspecified atom stereocenters. The van der Waals surface area contributed by atoms with E-state index in [4.69, 9.17) is 16.2 Å². The van der Waals surface area contributed by atoms with Crippen molar-refractivity contribution < 1.29 is 18.3 Å². The Morgan fingerprint density at radius 3 is 2.75 bits per heavy atom. The summed E-state index contributed by atoms with van der Waals surface area (Å²) in [4.78, 5) is 10.3. The number of hydrogen-bond acceptors (Lipinski definition) is 4. The summed E-state index contributed by atoms with van der Waals surface area (Å²) < 4.78 is 24.5. The fourth-order valence-corrected chi connectivity index (χ4v) is 2.13. The largest absolute Gasteiger partial charge is 0.480 e. The number of carboxylic acids is 1. The van der Waals surface area contributed by atoms with Crippen LogP contribution in [0.15, 0.2) is 36.5 Å². The smallest absolute Gasteiger partial charge is 0.320 e. The maximum Gasteiger partial charge on any atom is 0.320 e. The van der Waals surface area contributed by atoms with E-state index in [1.807, 2.05) is 10.8 Å². The zero-order valence-electron chi connectivity index (χ0n) is 10.5. The molecule has 0 bridgehead atoms. The van der Waals surface area contributed by atoms with Gasteiger partial charge in [0, 0.05) is 11.8 Å². The second kappa shape index (κ2) is 6.71. The molecule has 0 fully saturated rings. The molecule has 0 saturated carbocycles. The fourth-order valence-electron chi connectivity index (χ4n) is 1.42. The predicted molar refractivity (Wildman–Crippen MR) is 74.9 cm³/mol. The van der Waals surface area contributed by atoms with E-state index in [9.17, 15) is 13.2 Å². The van der Waals surface area contributed by atoms with Gasteiger partial charge in [-0.1, -0.05) is 24.3 Å². The maximum atomic E-state index is 11.2. The number of nitrogens with one attached hydrogen (secondary N) is 2. The summed E-state index contributed by atoms with van der Waals surface area (Å²) in [6, 6.07) is 6.97. The van der Waals surface area contributed by atoms with Crippen LogP contribution in [0.1, 0.15) is 11.1 Å². The van der Waals surface area contributed by atoms with Gasteiger partial charge in [0.05, 0.1) is 0 Å². The van der Waals surface area contributed by atoms with Gasteiger partial charge in [-0.3, -0.25) is 14.9 Å². The molecule has 0 aliphatic heterocycles. The van der Waals surface area contributed by atoms with Gasteiger partial charge < -0.3 is 10.8 Å². The van der Waals surface area contributed by atoms with Crippen molar-refractivity contribution in [3.8, 4) is 0 Å². The number of carboxylic acid groups (broad SMARTS) is 1. The molecule has 8 heteroatoms. The molecule has 0 saturated heterocycles. The second-order valence-electron chi connectivity index (χ2n) is 3.99. The summed E-state index contributed by atoms with van der Waals surface area (Å²) in [6.45, 7) is 0. The molecular formula is C12H15N3O4S. The normalized spacial score (nSPS) is 11.4. The monoisotopic (exact) mass is 297 g/mol. The van der Waals surface area contributed by atoms with Crippen LogP contribution < -0.4 is 10.5 Å². The highest BCUT2D eigenvalue weighted by Gasteiger charge is 2.12. The Labute approximate surface area is 116 Å². The van der Waals surface area contributed by atoms with Crippen molar-refractivity contribution >= 4 is 21.8 Å². The molecule has 1 rings (SSSR count). The van der Waals surface area contributed by atoms with Crippen LogP contribution in [0.4, 0.5) is 0 Å².